The standard InChI is InChI=1S/C13H13NO4/c1-14-8(6-13(16)17)5-12(15)10-7-9(18-2)3-4-11(10)14/h3-5,7H,6H2,1-2H3,(H,16,17). The molecule has 0 saturated carbocycles. The molecule has 2 aromatic rings. The van der Waals surface area contributed by atoms with Gasteiger partial charge in [-0.3, -0.25) is 9.59 Å². The van der Waals surface area contributed by atoms with Gasteiger partial charge in [-0.2, -0.15) is 0 Å². The average Bonchev–Trinajstić information content (AvgIpc) is 2.34. The summed E-state index contributed by atoms with van der Waals surface area (Å²) in [6, 6.07) is 6.51. The molecular formula is C13H13NO4. The summed E-state index contributed by atoms with van der Waals surface area (Å²) in [5.41, 5.74) is 0.975. The molecule has 1 aromatic heterocycles. The van der Waals surface area contributed by atoms with Crippen LogP contribution in [0.2, 0.25) is 0 Å². The van der Waals surface area contributed by atoms with Crippen LogP contribution in [-0.2, 0) is 18.3 Å². The van der Waals surface area contributed by atoms with Gasteiger partial charge in [-0.25, -0.2) is 0 Å². The zero-order valence-corrected chi connectivity index (χ0v) is 10.1. The molecule has 1 aromatic carbocycles. The van der Waals surface area contributed by atoms with Crippen LogP contribution in [0.5, 0.6) is 5.75 Å². The summed E-state index contributed by atoms with van der Waals surface area (Å²) in [5, 5.41) is 9.32. The van der Waals surface area contributed by atoms with Crippen molar-refractivity contribution in [1.82, 2.24) is 4.57 Å². The van der Waals surface area contributed by atoms with Gasteiger partial charge in [-0.1, -0.05) is 0 Å². The summed E-state index contributed by atoms with van der Waals surface area (Å²) in [7, 11) is 3.27. The molecule has 94 valence electrons. The first-order valence-electron chi connectivity index (χ1n) is 5.41. The number of nitrogens with zero attached hydrogens (tertiary/aromatic N) is 1. The van der Waals surface area contributed by atoms with E-state index in [-0.39, 0.29) is 11.8 Å². The van der Waals surface area contributed by atoms with Crippen molar-refractivity contribution in [3.8, 4) is 5.75 Å². The molecule has 0 atom stereocenters. The van der Waals surface area contributed by atoms with Crippen LogP contribution in [0, 0.1) is 0 Å². The van der Waals surface area contributed by atoms with Gasteiger partial charge in [0.2, 0.25) is 0 Å². The Morgan fingerprint density at radius 1 is 1.39 bits per heavy atom. The normalized spacial score (nSPS) is 10.6. The highest BCUT2D eigenvalue weighted by atomic mass is 16.5. The zero-order valence-electron chi connectivity index (χ0n) is 10.1. The van der Waals surface area contributed by atoms with Gasteiger partial charge in [-0.05, 0) is 18.2 Å². The number of carbonyl (C=O) groups is 1. The highest BCUT2D eigenvalue weighted by molar-refractivity contribution is 5.81. The second-order valence-electron chi connectivity index (χ2n) is 4.01. The van der Waals surface area contributed by atoms with Crippen molar-refractivity contribution in [2.75, 3.05) is 7.11 Å². The van der Waals surface area contributed by atoms with Crippen molar-refractivity contribution in [1.29, 1.82) is 0 Å². The minimum absolute atomic E-state index is 0.173. The van der Waals surface area contributed by atoms with Crippen molar-refractivity contribution >= 4 is 16.9 Å². The lowest BCUT2D eigenvalue weighted by Gasteiger charge is -2.11. The number of hydrogen-bond acceptors (Lipinski definition) is 3. The van der Waals surface area contributed by atoms with Crippen LogP contribution in [0.3, 0.4) is 0 Å². The average molecular weight is 247 g/mol. The Labute approximate surface area is 103 Å². The lowest BCUT2D eigenvalue weighted by Crippen LogP contribution is -2.14. The number of methoxy groups -OCH3 is 1. The summed E-state index contributed by atoms with van der Waals surface area (Å²) >= 11 is 0. The topological polar surface area (TPSA) is 68.5 Å². The van der Waals surface area contributed by atoms with E-state index < -0.39 is 5.97 Å². The van der Waals surface area contributed by atoms with Gasteiger partial charge in [0, 0.05) is 24.2 Å². The van der Waals surface area contributed by atoms with Gasteiger partial charge < -0.3 is 14.4 Å². The monoisotopic (exact) mass is 247 g/mol. The van der Waals surface area contributed by atoms with Crippen molar-refractivity contribution in [3.63, 3.8) is 0 Å². The van der Waals surface area contributed by atoms with Crippen LogP contribution in [0.4, 0.5) is 0 Å². The Balaban J connectivity index is 2.71. The van der Waals surface area contributed by atoms with Crippen LogP contribution in [0.15, 0.2) is 29.1 Å². The van der Waals surface area contributed by atoms with E-state index in [9.17, 15) is 9.59 Å². The third kappa shape index (κ3) is 2.07. The van der Waals surface area contributed by atoms with E-state index >= 15 is 0 Å². The maximum Gasteiger partial charge on any atom is 0.309 e. The first-order chi connectivity index (χ1) is 8.52. The number of hydrogen-bond donors (Lipinski definition) is 1. The number of aromatic nitrogens is 1. The van der Waals surface area contributed by atoms with Gasteiger partial charge in [0.15, 0.2) is 5.43 Å². The first-order valence-corrected chi connectivity index (χ1v) is 5.41. The summed E-state index contributed by atoms with van der Waals surface area (Å²) in [6.45, 7) is 0. The fourth-order valence-electron chi connectivity index (χ4n) is 1.94. The van der Waals surface area contributed by atoms with Crippen LogP contribution < -0.4 is 10.2 Å². The maximum atomic E-state index is 11.9. The van der Waals surface area contributed by atoms with E-state index in [0.29, 0.717) is 22.3 Å². The van der Waals surface area contributed by atoms with Gasteiger partial charge in [-0.15, -0.1) is 0 Å². The predicted molar refractivity (Wildman–Crippen MR) is 67.1 cm³/mol. The van der Waals surface area contributed by atoms with Crippen molar-refractivity contribution in [3.05, 3.63) is 40.2 Å². The number of benzene rings is 1. The summed E-state index contributed by atoms with van der Waals surface area (Å²) in [6.07, 6.45) is -0.173. The quantitative estimate of drug-likeness (QED) is 0.884. The third-order valence-corrected chi connectivity index (χ3v) is 2.89. The summed E-state index contributed by atoms with van der Waals surface area (Å²) in [5.74, 6) is -0.358. The molecule has 1 N–H and O–H groups in total. The molecule has 5 nitrogen and oxygen atoms in total. The summed E-state index contributed by atoms with van der Waals surface area (Å²) in [4.78, 5) is 22.7. The lowest BCUT2D eigenvalue weighted by molar-refractivity contribution is -0.136. The highest BCUT2D eigenvalue weighted by Crippen LogP contribution is 2.18. The Bertz CT molecular complexity index is 672. The molecule has 2 rings (SSSR count). The van der Waals surface area contributed by atoms with Gasteiger partial charge in [0.25, 0.3) is 0 Å². The van der Waals surface area contributed by atoms with Crippen LogP contribution in [0.1, 0.15) is 5.69 Å². The van der Waals surface area contributed by atoms with E-state index in [2.05, 4.69) is 0 Å². The molecule has 0 aliphatic heterocycles. The Hall–Kier alpha value is -2.30. The molecule has 0 bridgehead atoms. The molecule has 0 unspecified atom stereocenters. The summed E-state index contributed by atoms with van der Waals surface area (Å²) < 4.78 is 6.78. The number of ether oxygens (including phenoxy) is 1. The Morgan fingerprint density at radius 2 is 2.11 bits per heavy atom. The van der Waals surface area contributed by atoms with Crippen LogP contribution in [-0.4, -0.2) is 22.8 Å². The molecule has 0 aliphatic rings. The highest BCUT2D eigenvalue weighted by Gasteiger charge is 2.10. The molecule has 18 heavy (non-hydrogen) atoms. The Morgan fingerprint density at radius 3 is 2.72 bits per heavy atom. The second kappa shape index (κ2) is 4.52. The lowest BCUT2D eigenvalue weighted by atomic mass is 10.1. The first kappa shape index (κ1) is 12.2. The molecule has 0 amide bonds. The van der Waals surface area contributed by atoms with E-state index in [4.69, 9.17) is 9.84 Å². The smallest absolute Gasteiger partial charge is 0.309 e. The molecular weight excluding hydrogens is 234 g/mol. The number of aliphatic carboxylic acids is 1. The van der Waals surface area contributed by atoms with Crippen molar-refractivity contribution < 1.29 is 14.6 Å². The van der Waals surface area contributed by atoms with Crippen LogP contribution >= 0.6 is 0 Å². The fourth-order valence-corrected chi connectivity index (χ4v) is 1.94. The molecule has 0 aliphatic carbocycles. The SMILES string of the molecule is COc1ccc2c(c1)c(=O)cc(CC(=O)O)n2C. The van der Waals surface area contributed by atoms with Gasteiger partial charge >= 0.3 is 5.97 Å². The largest absolute Gasteiger partial charge is 0.497 e. The van der Waals surface area contributed by atoms with E-state index in [1.54, 1.807) is 29.8 Å². The number of rotatable bonds is 3. The molecule has 0 saturated heterocycles. The number of carboxylic acid groups (broad SMARTS) is 1. The zero-order chi connectivity index (χ0) is 13.3. The predicted octanol–water partition coefficient (Wildman–Crippen LogP) is 1.17. The third-order valence-electron chi connectivity index (χ3n) is 2.89. The number of pyridine rings is 1. The number of carboxylic acids is 1. The van der Waals surface area contributed by atoms with E-state index in [1.807, 2.05) is 0 Å². The van der Waals surface area contributed by atoms with Gasteiger partial charge in [0.1, 0.15) is 5.75 Å². The van der Waals surface area contributed by atoms with E-state index in [0.717, 1.165) is 0 Å². The maximum absolute atomic E-state index is 11.9. The fraction of sp³-hybridized carbons (Fsp3) is 0.231. The second-order valence-corrected chi connectivity index (χ2v) is 4.01. The number of aryl methyl sites for hydroxylation is 1. The van der Waals surface area contributed by atoms with Crippen molar-refractivity contribution in [2.24, 2.45) is 7.05 Å². The Kier molecular flexibility index (Phi) is 3.06. The molecule has 0 fully saturated rings. The number of fused-ring (bicyclic) bond motifs is 1. The van der Waals surface area contributed by atoms with Crippen LogP contribution in [0.25, 0.3) is 10.9 Å². The molecule has 0 radical (unpaired) electrons. The minimum atomic E-state index is -0.960. The molecule has 0 spiro atoms. The molecule has 1 heterocycles. The van der Waals surface area contributed by atoms with E-state index in [1.165, 1.54) is 13.2 Å². The minimum Gasteiger partial charge on any atom is -0.497 e. The van der Waals surface area contributed by atoms with Crippen molar-refractivity contribution in [2.45, 2.75) is 6.42 Å². The van der Waals surface area contributed by atoms with Gasteiger partial charge in [0.05, 0.1) is 19.0 Å². The molecule has 5 heteroatoms.